The maximum absolute atomic E-state index is 13.0. The largest absolute Gasteiger partial charge is 0.394 e. The van der Waals surface area contributed by atoms with Gasteiger partial charge in [-0.25, -0.2) is 0 Å². The Kier molecular flexibility index (Phi) is 5.25. The third-order valence-corrected chi connectivity index (χ3v) is 6.32. The lowest BCUT2D eigenvalue weighted by Crippen LogP contribution is -2.33. The van der Waals surface area contributed by atoms with Crippen LogP contribution in [0.2, 0.25) is 0 Å². The fraction of sp³-hybridized carbons (Fsp3) is 0.400. The van der Waals surface area contributed by atoms with Crippen molar-refractivity contribution >= 4 is 11.5 Å². The van der Waals surface area contributed by atoms with Gasteiger partial charge >= 0.3 is 0 Å². The molecule has 0 atom stereocenters. The second-order valence-electron chi connectivity index (χ2n) is 8.30. The summed E-state index contributed by atoms with van der Waals surface area (Å²) in [6, 6.07) is 13.6. The number of aryl methyl sites for hydroxylation is 1. The minimum Gasteiger partial charge on any atom is -0.394 e. The number of nitrogens with zero attached hydrogens (tertiary/aromatic N) is 1. The molecule has 0 spiro atoms. The third-order valence-electron chi connectivity index (χ3n) is 6.32. The molecule has 2 aromatic carbocycles. The summed E-state index contributed by atoms with van der Waals surface area (Å²) in [6.45, 7) is 5.08. The van der Waals surface area contributed by atoms with Gasteiger partial charge in [0.1, 0.15) is 0 Å². The molecule has 0 radical (unpaired) electrons. The molecule has 1 saturated carbocycles. The highest BCUT2D eigenvalue weighted by molar-refractivity contribution is 5.99. The van der Waals surface area contributed by atoms with Gasteiger partial charge in [0.2, 0.25) is 0 Å². The first kappa shape index (κ1) is 18.8. The second-order valence-corrected chi connectivity index (χ2v) is 8.30. The van der Waals surface area contributed by atoms with Crippen molar-refractivity contribution in [2.75, 3.05) is 7.05 Å². The summed E-state index contributed by atoms with van der Waals surface area (Å²) in [6.07, 6.45) is 7.73. The molecule has 0 aromatic heterocycles. The van der Waals surface area contributed by atoms with E-state index in [1.165, 1.54) is 59.1 Å². The van der Waals surface area contributed by atoms with Crippen LogP contribution in [0.4, 0.5) is 0 Å². The second kappa shape index (κ2) is 7.83. The van der Waals surface area contributed by atoms with Crippen LogP contribution < -0.4 is 5.32 Å². The zero-order chi connectivity index (χ0) is 19.7. The Morgan fingerprint density at radius 1 is 1.18 bits per heavy atom. The van der Waals surface area contributed by atoms with Crippen LogP contribution in [0.25, 0.3) is 5.57 Å². The lowest BCUT2D eigenvalue weighted by molar-refractivity contribution is 0.0707. The molecule has 4 rings (SSSR count). The monoisotopic (exact) mass is 374 g/mol. The highest BCUT2D eigenvalue weighted by Crippen LogP contribution is 2.33. The van der Waals surface area contributed by atoms with E-state index in [4.69, 9.17) is 0 Å². The molecule has 1 fully saturated rings. The number of hydrogen-bond acceptors (Lipinski definition) is 2. The van der Waals surface area contributed by atoms with Crippen molar-refractivity contribution in [2.24, 2.45) is 0 Å². The van der Waals surface area contributed by atoms with E-state index in [9.17, 15) is 4.79 Å². The molecule has 2 aromatic rings. The standard InChI is InChI=1S/C25H30N2O/c1-17-12-22-16-27(23-6-4-5-7-23)25(28)24(22)14-21(17)13-19-8-10-20(11-9-19)18(2)15-26-3/h8-12,14-15,23,26H,4-7,13,16H2,1-3H3/b18-15+. The molecule has 28 heavy (non-hydrogen) atoms. The maximum Gasteiger partial charge on any atom is 0.254 e. The summed E-state index contributed by atoms with van der Waals surface area (Å²) < 4.78 is 0. The highest BCUT2D eigenvalue weighted by Gasteiger charge is 2.34. The molecule has 0 saturated heterocycles. The molecule has 0 unspecified atom stereocenters. The minimum absolute atomic E-state index is 0.242. The van der Waals surface area contributed by atoms with Gasteiger partial charge in [0.15, 0.2) is 0 Å². The Morgan fingerprint density at radius 2 is 1.89 bits per heavy atom. The van der Waals surface area contributed by atoms with Gasteiger partial charge in [-0.2, -0.15) is 0 Å². The van der Waals surface area contributed by atoms with Crippen LogP contribution in [-0.4, -0.2) is 23.9 Å². The van der Waals surface area contributed by atoms with Gasteiger partial charge < -0.3 is 10.2 Å². The Hall–Kier alpha value is -2.55. The molecule has 1 heterocycles. The SMILES string of the molecule is CN/C=C(\C)c1ccc(Cc2cc3c(cc2C)CN(C2CCCC2)C3=O)cc1. The lowest BCUT2D eigenvalue weighted by atomic mass is 9.95. The van der Waals surface area contributed by atoms with E-state index in [1.807, 2.05) is 13.2 Å². The Morgan fingerprint density at radius 3 is 2.57 bits per heavy atom. The summed E-state index contributed by atoms with van der Waals surface area (Å²) in [5.74, 6) is 0.242. The summed E-state index contributed by atoms with van der Waals surface area (Å²) in [5.41, 5.74) is 8.41. The zero-order valence-corrected chi connectivity index (χ0v) is 17.2. The molecular weight excluding hydrogens is 344 g/mol. The van der Waals surface area contributed by atoms with E-state index in [0.717, 1.165) is 18.5 Å². The van der Waals surface area contributed by atoms with Gasteiger partial charge in [0.05, 0.1) is 0 Å². The smallest absolute Gasteiger partial charge is 0.254 e. The molecule has 1 amide bonds. The third kappa shape index (κ3) is 3.58. The van der Waals surface area contributed by atoms with E-state index in [-0.39, 0.29) is 5.91 Å². The topological polar surface area (TPSA) is 32.3 Å². The van der Waals surface area contributed by atoms with Crippen molar-refractivity contribution in [3.05, 3.63) is 76.0 Å². The van der Waals surface area contributed by atoms with E-state index < -0.39 is 0 Å². The fourth-order valence-corrected chi connectivity index (χ4v) is 4.66. The van der Waals surface area contributed by atoms with Gasteiger partial charge in [0.25, 0.3) is 5.91 Å². The first-order chi connectivity index (χ1) is 13.6. The Bertz CT molecular complexity index is 905. The zero-order valence-electron chi connectivity index (χ0n) is 17.2. The number of allylic oxidation sites excluding steroid dienone is 1. The van der Waals surface area contributed by atoms with Crippen LogP contribution in [0.1, 0.15) is 70.8 Å². The minimum atomic E-state index is 0.242. The molecule has 2 aliphatic rings. The van der Waals surface area contributed by atoms with E-state index in [0.29, 0.717) is 6.04 Å². The average molecular weight is 375 g/mol. The molecule has 0 bridgehead atoms. The van der Waals surface area contributed by atoms with Crippen LogP contribution in [0.15, 0.2) is 42.6 Å². The van der Waals surface area contributed by atoms with Crippen molar-refractivity contribution in [2.45, 2.75) is 58.5 Å². The van der Waals surface area contributed by atoms with Gasteiger partial charge in [-0.1, -0.05) is 43.2 Å². The van der Waals surface area contributed by atoms with Gasteiger partial charge in [0, 0.05) is 25.2 Å². The Balaban J connectivity index is 1.54. The normalized spacial score (nSPS) is 17.3. The van der Waals surface area contributed by atoms with Crippen molar-refractivity contribution in [3.8, 4) is 0 Å². The number of amides is 1. The summed E-state index contributed by atoms with van der Waals surface area (Å²) in [5, 5.41) is 3.08. The van der Waals surface area contributed by atoms with Crippen LogP contribution >= 0.6 is 0 Å². The number of rotatable bonds is 5. The molecule has 1 N–H and O–H groups in total. The van der Waals surface area contributed by atoms with E-state index >= 15 is 0 Å². The van der Waals surface area contributed by atoms with Gasteiger partial charge in [-0.15, -0.1) is 0 Å². The summed E-state index contributed by atoms with van der Waals surface area (Å²) in [7, 11) is 1.92. The van der Waals surface area contributed by atoms with Crippen molar-refractivity contribution in [1.29, 1.82) is 0 Å². The number of carbonyl (C=O) groups excluding carboxylic acids is 1. The van der Waals surface area contributed by atoms with Crippen molar-refractivity contribution in [3.63, 3.8) is 0 Å². The molecule has 1 aliphatic carbocycles. The van der Waals surface area contributed by atoms with E-state index in [1.54, 1.807) is 0 Å². The summed E-state index contributed by atoms with van der Waals surface area (Å²) >= 11 is 0. The van der Waals surface area contributed by atoms with Crippen LogP contribution in [0.3, 0.4) is 0 Å². The molecule has 1 aliphatic heterocycles. The highest BCUT2D eigenvalue weighted by atomic mass is 16.2. The number of hydrogen-bond donors (Lipinski definition) is 1. The fourth-order valence-electron chi connectivity index (χ4n) is 4.66. The molecule has 3 nitrogen and oxygen atoms in total. The van der Waals surface area contributed by atoms with Gasteiger partial charge in [-0.3, -0.25) is 4.79 Å². The van der Waals surface area contributed by atoms with Crippen LogP contribution in [0, 0.1) is 6.92 Å². The first-order valence-electron chi connectivity index (χ1n) is 10.4. The lowest BCUT2D eigenvalue weighted by Gasteiger charge is -2.23. The summed E-state index contributed by atoms with van der Waals surface area (Å²) in [4.78, 5) is 15.1. The Labute approximate surface area is 168 Å². The number of benzene rings is 2. The van der Waals surface area contributed by atoms with Crippen LogP contribution in [-0.2, 0) is 13.0 Å². The molecule has 146 valence electrons. The first-order valence-corrected chi connectivity index (χ1v) is 10.4. The predicted octanol–water partition coefficient (Wildman–Crippen LogP) is 5.06. The maximum atomic E-state index is 13.0. The molecule has 3 heteroatoms. The van der Waals surface area contributed by atoms with Crippen molar-refractivity contribution in [1.82, 2.24) is 10.2 Å². The average Bonchev–Trinajstić information content (AvgIpc) is 3.32. The molecular formula is C25H30N2O. The van der Waals surface area contributed by atoms with Crippen molar-refractivity contribution < 1.29 is 4.79 Å². The van der Waals surface area contributed by atoms with E-state index in [2.05, 4.69) is 60.5 Å². The number of nitrogens with one attached hydrogen (secondary N) is 1. The number of fused-ring (bicyclic) bond motifs is 1. The quantitative estimate of drug-likeness (QED) is 0.793. The van der Waals surface area contributed by atoms with Gasteiger partial charge in [-0.05, 0) is 78.8 Å². The predicted molar refractivity (Wildman–Crippen MR) is 115 cm³/mol. The van der Waals surface area contributed by atoms with Crippen LogP contribution in [0.5, 0.6) is 0 Å². The number of carbonyl (C=O) groups is 1.